The second-order valence-corrected chi connectivity index (χ2v) is 6.31. The van der Waals surface area contributed by atoms with E-state index in [1.807, 2.05) is 57.2 Å². The molecule has 1 heterocycles. The van der Waals surface area contributed by atoms with E-state index in [4.69, 9.17) is 16.3 Å². The van der Waals surface area contributed by atoms with Gasteiger partial charge in [0.1, 0.15) is 5.75 Å². The number of ether oxygens (including phenoxy) is 1. The third kappa shape index (κ3) is 3.39. The quantitative estimate of drug-likeness (QED) is 0.718. The lowest BCUT2D eigenvalue weighted by Gasteiger charge is -2.11. The number of H-pyrrole nitrogens is 1. The molecule has 124 valence electrons. The number of rotatable bonds is 4. The zero-order chi connectivity index (χ0) is 17.3. The van der Waals surface area contributed by atoms with Gasteiger partial charge in [-0.3, -0.25) is 4.79 Å². The molecule has 2 N–H and O–H groups in total. The molecule has 1 amide bonds. The topological polar surface area (TPSA) is 54.1 Å². The maximum Gasteiger partial charge on any atom is 0.262 e. The molecule has 1 aromatic heterocycles. The van der Waals surface area contributed by atoms with Crippen molar-refractivity contribution < 1.29 is 9.53 Å². The molecule has 0 aliphatic rings. The average molecular weight is 343 g/mol. The first kappa shape index (κ1) is 16.4. The Kier molecular flexibility index (Phi) is 4.49. The van der Waals surface area contributed by atoms with E-state index < -0.39 is 0 Å². The predicted octanol–water partition coefficient (Wildman–Crippen LogP) is 4.76. The Bertz CT molecular complexity index is 892. The molecular formula is C19H19ClN2O2. The number of anilines is 1. The van der Waals surface area contributed by atoms with Crippen molar-refractivity contribution in [1.29, 1.82) is 0 Å². The molecule has 0 spiro atoms. The van der Waals surface area contributed by atoms with Gasteiger partial charge in [-0.05, 0) is 62.2 Å². The summed E-state index contributed by atoms with van der Waals surface area (Å²) in [5, 5.41) is 4.61. The van der Waals surface area contributed by atoms with Crippen LogP contribution in [-0.2, 0) is 4.79 Å². The number of aryl methyl sites for hydroxylation is 3. The van der Waals surface area contributed by atoms with Crippen LogP contribution in [0, 0.1) is 20.8 Å². The number of amides is 1. The van der Waals surface area contributed by atoms with Crippen molar-refractivity contribution in [2.75, 3.05) is 11.9 Å². The Morgan fingerprint density at radius 1 is 1.17 bits per heavy atom. The fourth-order valence-corrected chi connectivity index (χ4v) is 2.84. The SMILES string of the molecule is Cc1cc2c(NC(=O)COc3cc(C)c(Cl)c(C)c3)cccc2[nH]1. The highest BCUT2D eigenvalue weighted by Gasteiger charge is 2.09. The smallest absolute Gasteiger partial charge is 0.262 e. The highest BCUT2D eigenvalue weighted by Crippen LogP contribution is 2.26. The van der Waals surface area contributed by atoms with Gasteiger partial charge in [0.25, 0.3) is 5.91 Å². The molecule has 3 aromatic rings. The summed E-state index contributed by atoms with van der Waals surface area (Å²) in [6, 6.07) is 11.4. The summed E-state index contributed by atoms with van der Waals surface area (Å²) in [5.41, 5.74) is 4.68. The monoisotopic (exact) mass is 342 g/mol. The molecule has 3 rings (SSSR count). The summed E-state index contributed by atoms with van der Waals surface area (Å²) in [6.07, 6.45) is 0. The Labute approximate surface area is 145 Å². The van der Waals surface area contributed by atoms with E-state index in [9.17, 15) is 4.79 Å². The molecule has 0 bridgehead atoms. The van der Waals surface area contributed by atoms with Crippen molar-refractivity contribution in [2.45, 2.75) is 20.8 Å². The maximum absolute atomic E-state index is 12.2. The number of carbonyl (C=O) groups excluding carboxylic acids is 1. The van der Waals surface area contributed by atoms with Crippen LogP contribution in [0.3, 0.4) is 0 Å². The van der Waals surface area contributed by atoms with Gasteiger partial charge < -0.3 is 15.0 Å². The molecule has 0 unspecified atom stereocenters. The van der Waals surface area contributed by atoms with E-state index in [0.717, 1.165) is 38.4 Å². The molecule has 5 heteroatoms. The van der Waals surface area contributed by atoms with Gasteiger partial charge in [0.15, 0.2) is 6.61 Å². The van der Waals surface area contributed by atoms with Crippen LogP contribution in [0.2, 0.25) is 5.02 Å². The van der Waals surface area contributed by atoms with Crippen LogP contribution in [0.25, 0.3) is 10.9 Å². The van der Waals surface area contributed by atoms with Crippen molar-refractivity contribution in [2.24, 2.45) is 0 Å². The molecule has 0 radical (unpaired) electrons. The van der Waals surface area contributed by atoms with E-state index in [-0.39, 0.29) is 12.5 Å². The molecule has 0 fully saturated rings. The van der Waals surface area contributed by atoms with E-state index in [1.54, 1.807) is 0 Å². The van der Waals surface area contributed by atoms with Crippen molar-refractivity contribution in [3.63, 3.8) is 0 Å². The summed E-state index contributed by atoms with van der Waals surface area (Å²) >= 11 is 6.14. The van der Waals surface area contributed by atoms with E-state index >= 15 is 0 Å². The van der Waals surface area contributed by atoms with Gasteiger partial charge in [-0.1, -0.05) is 17.7 Å². The molecular weight excluding hydrogens is 324 g/mol. The van der Waals surface area contributed by atoms with Crippen LogP contribution in [-0.4, -0.2) is 17.5 Å². The number of aromatic nitrogens is 1. The molecule has 24 heavy (non-hydrogen) atoms. The summed E-state index contributed by atoms with van der Waals surface area (Å²) < 4.78 is 5.60. The molecule has 2 aromatic carbocycles. The minimum atomic E-state index is -0.202. The van der Waals surface area contributed by atoms with E-state index in [0.29, 0.717) is 5.75 Å². The van der Waals surface area contributed by atoms with Crippen molar-refractivity contribution in [3.8, 4) is 5.75 Å². The summed E-state index contributed by atoms with van der Waals surface area (Å²) in [7, 11) is 0. The standard InChI is InChI=1S/C19H19ClN2O2/c1-11-7-14(8-12(2)19(11)20)24-10-18(23)22-17-6-4-5-16-15(17)9-13(3)21-16/h4-9,21H,10H2,1-3H3,(H,22,23). The fourth-order valence-electron chi connectivity index (χ4n) is 2.73. The molecule has 0 saturated heterocycles. The van der Waals surface area contributed by atoms with Crippen molar-refractivity contribution >= 4 is 34.1 Å². The highest BCUT2D eigenvalue weighted by molar-refractivity contribution is 6.32. The predicted molar refractivity (Wildman–Crippen MR) is 98.1 cm³/mol. The zero-order valence-electron chi connectivity index (χ0n) is 13.9. The lowest BCUT2D eigenvalue weighted by molar-refractivity contribution is -0.118. The molecule has 0 aliphatic heterocycles. The normalized spacial score (nSPS) is 10.8. The first-order chi connectivity index (χ1) is 11.4. The van der Waals surface area contributed by atoms with E-state index in [1.165, 1.54) is 0 Å². The molecule has 0 saturated carbocycles. The Hall–Kier alpha value is -2.46. The minimum absolute atomic E-state index is 0.0553. The van der Waals surface area contributed by atoms with Gasteiger partial charge in [-0.2, -0.15) is 0 Å². The number of nitrogens with one attached hydrogen (secondary N) is 2. The van der Waals surface area contributed by atoms with Gasteiger partial charge in [0.05, 0.1) is 5.69 Å². The van der Waals surface area contributed by atoms with Gasteiger partial charge in [-0.15, -0.1) is 0 Å². The van der Waals surface area contributed by atoms with Gasteiger partial charge in [0, 0.05) is 21.6 Å². The lowest BCUT2D eigenvalue weighted by atomic mass is 10.1. The number of fused-ring (bicyclic) bond motifs is 1. The first-order valence-electron chi connectivity index (χ1n) is 7.72. The Morgan fingerprint density at radius 3 is 2.58 bits per heavy atom. The average Bonchev–Trinajstić information content (AvgIpc) is 2.92. The number of benzene rings is 2. The fraction of sp³-hybridized carbons (Fsp3) is 0.211. The van der Waals surface area contributed by atoms with Crippen LogP contribution in [0.15, 0.2) is 36.4 Å². The maximum atomic E-state index is 12.2. The summed E-state index contributed by atoms with van der Waals surface area (Å²) in [6.45, 7) is 5.76. The highest BCUT2D eigenvalue weighted by atomic mass is 35.5. The van der Waals surface area contributed by atoms with Gasteiger partial charge >= 0.3 is 0 Å². The van der Waals surface area contributed by atoms with Crippen LogP contribution >= 0.6 is 11.6 Å². The Morgan fingerprint density at radius 2 is 1.88 bits per heavy atom. The van der Waals surface area contributed by atoms with Gasteiger partial charge in [-0.25, -0.2) is 0 Å². The first-order valence-corrected chi connectivity index (χ1v) is 8.09. The molecule has 4 nitrogen and oxygen atoms in total. The van der Waals surface area contributed by atoms with Crippen LogP contribution in [0.5, 0.6) is 5.75 Å². The minimum Gasteiger partial charge on any atom is -0.484 e. The zero-order valence-corrected chi connectivity index (χ0v) is 14.6. The largest absolute Gasteiger partial charge is 0.484 e. The van der Waals surface area contributed by atoms with Crippen molar-refractivity contribution in [3.05, 3.63) is 58.2 Å². The number of aromatic amines is 1. The number of hydrogen-bond acceptors (Lipinski definition) is 2. The second-order valence-electron chi connectivity index (χ2n) is 5.93. The number of hydrogen-bond donors (Lipinski definition) is 2. The molecule has 0 aliphatic carbocycles. The van der Waals surface area contributed by atoms with Gasteiger partial charge in [0.2, 0.25) is 0 Å². The third-order valence-corrected chi connectivity index (χ3v) is 4.45. The molecule has 0 atom stereocenters. The summed E-state index contributed by atoms with van der Waals surface area (Å²) in [4.78, 5) is 15.5. The number of carbonyl (C=O) groups is 1. The van der Waals surface area contributed by atoms with Crippen LogP contribution in [0.4, 0.5) is 5.69 Å². The van der Waals surface area contributed by atoms with Crippen LogP contribution in [0.1, 0.15) is 16.8 Å². The number of halogens is 1. The van der Waals surface area contributed by atoms with Crippen molar-refractivity contribution in [1.82, 2.24) is 4.98 Å². The second kappa shape index (κ2) is 6.57. The Balaban J connectivity index is 1.69. The van der Waals surface area contributed by atoms with Crippen LogP contribution < -0.4 is 10.1 Å². The summed E-state index contributed by atoms with van der Waals surface area (Å²) in [5.74, 6) is 0.437. The lowest BCUT2D eigenvalue weighted by Crippen LogP contribution is -2.20. The van der Waals surface area contributed by atoms with E-state index in [2.05, 4.69) is 10.3 Å². The third-order valence-electron chi connectivity index (χ3n) is 3.85.